The number of nitrogens with one attached hydrogen (secondary N) is 2. The summed E-state index contributed by atoms with van der Waals surface area (Å²) in [6.07, 6.45) is 3.35. The highest BCUT2D eigenvalue weighted by molar-refractivity contribution is 5.85. The van der Waals surface area contributed by atoms with Crippen molar-refractivity contribution in [2.45, 2.75) is 39.2 Å². The Morgan fingerprint density at radius 3 is 2.44 bits per heavy atom. The summed E-state index contributed by atoms with van der Waals surface area (Å²) in [6.45, 7) is 9.09. The Morgan fingerprint density at radius 2 is 1.94 bits per heavy atom. The van der Waals surface area contributed by atoms with Gasteiger partial charge in [-0.2, -0.15) is 0 Å². The first-order valence-electron chi connectivity index (χ1n) is 6.51. The summed E-state index contributed by atoms with van der Waals surface area (Å²) >= 11 is 0. The predicted octanol–water partition coefficient (Wildman–Crippen LogP) is 1.43. The van der Waals surface area contributed by atoms with E-state index in [0.29, 0.717) is 0 Å². The van der Waals surface area contributed by atoms with Gasteiger partial charge in [-0.1, -0.05) is 20.3 Å². The molecule has 0 radical (unpaired) electrons. The molecule has 0 bridgehead atoms. The molecule has 0 aliphatic carbocycles. The second-order valence-corrected chi connectivity index (χ2v) is 4.32. The number of hydrogen-bond acceptors (Lipinski definition) is 3. The third kappa shape index (κ3) is 7.41. The van der Waals surface area contributed by atoms with Gasteiger partial charge in [0.05, 0.1) is 6.04 Å². The van der Waals surface area contributed by atoms with Gasteiger partial charge in [0.25, 0.3) is 0 Å². The number of likely N-dealkylation sites (N-methyl/N-ethyl adjacent to an activating group) is 1. The summed E-state index contributed by atoms with van der Waals surface area (Å²) in [4.78, 5) is 14.1. The van der Waals surface area contributed by atoms with Crippen LogP contribution in [0.1, 0.15) is 33.1 Å². The molecule has 1 unspecified atom stereocenters. The maximum Gasteiger partial charge on any atom is 0.237 e. The van der Waals surface area contributed by atoms with Gasteiger partial charge in [0, 0.05) is 13.1 Å². The zero-order valence-corrected chi connectivity index (χ0v) is 13.0. The Labute approximate surface area is 123 Å². The third-order valence-corrected chi connectivity index (χ3v) is 3.25. The monoisotopic (exact) mass is 299 g/mol. The van der Waals surface area contributed by atoms with Crippen molar-refractivity contribution >= 4 is 30.7 Å². The lowest BCUT2D eigenvalue weighted by Crippen LogP contribution is -2.48. The van der Waals surface area contributed by atoms with Crippen LogP contribution in [0.3, 0.4) is 0 Å². The standard InChI is InChI=1S/C12H25N3O.2ClH/c1-3-15(4-2)10-9-14-12(16)11-7-5-6-8-13-11;;/h11,13H,3-10H2,1-2H3,(H,14,16);2*1H. The summed E-state index contributed by atoms with van der Waals surface area (Å²) in [7, 11) is 0. The second-order valence-electron chi connectivity index (χ2n) is 4.32. The second kappa shape index (κ2) is 12.0. The molecule has 0 aromatic carbocycles. The van der Waals surface area contributed by atoms with Gasteiger partial charge in [0.1, 0.15) is 0 Å². The molecule has 1 rings (SSSR count). The molecule has 1 aliphatic rings. The summed E-state index contributed by atoms with van der Waals surface area (Å²) in [5.41, 5.74) is 0. The molecule has 2 N–H and O–H groups in total. The van der Waals surface area contributed by atoms with Crippen LogP contribution in [-0.2, 0) is 4.79 Å². The molecule has 1 aliphatic heterocycles. The molecule has 1 atom stereocenters. The van der Waals surface area contributed by atoms with E-state index in [0.717, 1.165) is 39.1 Å². The van der Waals surface area contributed by atoms with Gasteiger partial charge in [-0.25, -0.2) is 0 Å². The molecule has 6 heteroatoms. The maximum atomic E-state index is 11.8. The van der Waals surface area contributed by atoms with Crippen LogP contribution < -0.4 is 10.6 Å². The SMILES string of the molecule is CCN(CC)CCNC(=O)C1CCCCN1.Cl.Cl. The highest BCUT2D eigenvalue weighted by atomic mass is 35.5. The Hall–Kier alpha value is -0.0300. The number of carbonyl (C=O) groups excluding carboxylic acids is 1. The van der Waals surface area contributed by atoms with Crippen LogP contribution in [0.15, 0.2) is 0 Å². The molecule has 0 aromatic rings. The zero-order valence-electron chi connectivity index (χ0n) is 11.4. The first kappa shape index (κ1) is 20.3. The third-order valence-electron chi connectivity index (χ3n) is 3.25. The molecule has 1 fully saturated rings. The van der Waals surface area contributed by atoms with E-state index in [-0.39, 0.29) is 36.8 Å². The topological polar surface area (TPSA) is 44.4 Å². The van der Waals surface area contributed by atoms with Crippen LogP contribution in [0.5, 0.6) is 0 Å². The van der Waals surface area contributed by atoms with E-state index in [1.165, 1.54) is 12.8 Å². The molecule has 0 aromatic heterocycles. The van der Waals surface area contributed by atoms with Crippen molar-refractivity contribution in [1.29, 1.82) is 0 Å². The van der Waals surface area contributed by atoms with E-state index in [1.807, 2.05) is 0 Å². The average Bonchev–Trinajstić information content (AvgIpc) is 2.35. The maximum absolute atomic E-state index is 11.8. The Balaban J connectivity index is 0. The van der Waals surface area contributed by atoms with Crippen molar-refractivity contribution in [1.82, 2.24) is 15.5 Å². The van der Waals surface area contributed by atoms with E-state index in [1.54, 1.807) is 0 Å². The zero-order chi connectivity index (χ0) is 11.8. The van der Waals surface area contributed by atoms with E-state index in [9.17, 15) is 4.79 Å². The first-order valence-corrected chi connectivity index (χ1v) is 6.51. The normalized spacial score (nSPS) is 18.7. The van der Waals surface area contributed by atoms with Gasteiger partial charge in [-0.3, -0.25) is 4.79 Å². The molecule has 1 heterocycles. The van der Waals surface area contributed by atoms with Crippen molar-refractivity contribution in [3.05, 3.63) is 0 Å². The van der Waals surface area contributed by atoms with Crippen molar-refractivity contribution in [3.63, 3.8) is 0 Å². The molecular formula is C12H27Cl2N3O. The Morgan fingerprint density at radius 1 is 1.28 bits per heavy atom. The number of hydrogen-bond donors (Lipinski definition) is 2. The average molecular weight is 300 g/mol. The fraction of sp³-hybridized carbons (Fsp3) is 0.917. The van der Waals surface area contributed by atoms with E-state index in [2.05, 4.69) is 29.4 Å². The Kier molecular flexibility index (Phi) is 13.6. The van der Waals surface area contributed by atoms with Crippen LogP contribution in [-0.4, -0.2) is 49.6 Å². The summed E-state index contributed by atoms with van der Waals surface area (Å²) < 4.78 is 0. The molecule has 0 spiro atoms. The summed E-state index contributed by atoms with van der Waals surface area (Å²) in [6, 6.07) is 0.0467. The molecule has 18 heavy (non-hydrogen) atoms. The largest absolute Gasteiger partial charge is 0.353 e. The van der Waals surface area contributed by atoms with Crippen molar-refractivity contribution in [2.24, 2.45) is 0 Å². The molecule has 110 valence electrons. The van der Waals surface area contributed by atoms with Gasteiger partial charge in [0.15, 0.2) is 0 Å². The fourth-order valence-electron chi connectivity index (χ4n) is 2.08. The lowest BCUT2D eigenvalue weighted by atomic mass is 10.0. The lowest BCUT2D eigenvalue weighted by Gasteiger charge is -2.23. The lowest BCUT2D eigenvalue weighted by molar-refractivity contribution is -0.123. The van der Waals surface area contributed by atoms with Gasteiger partial charge in [-0.15, -0.1) is 24.8 Å². The van der Waals surface area contributed by atoms with Crippen molar-refractivity contribution < 1.29 is 4.79 Å². The van der Waals surface area contributed by atoms with Gasteiger partial charge >= 0.3 is 0 Å². The molecule has 4 nitrogen and oxygen atoms in total. The van der Waals surface area contributed by atoms with Crippen molar-refractivity contribution in [2.75, 3.05) is 32.7 Å². The van der Waals surface area contributed by atoms with E-state index in [4.69, 9.17) is 0 Å². The van der Waals surface area contributed by atoms with E-state index >= 15 is 0 Å². The number of amides is 1. The molecule has 1 saturated heterocycles. The minimum Gasteiger partial charge on any atom is -0.353 e. The minimum atomic E-state index is 0. The van der Waals surface area contributed by atoms with Crippen LogP contribution in [0.2, 0.25) is 0 Å². The number of carbonyl (C=O) groups is 1. The fourth-order valence-corrected chi connectivity index (χ4v) is 2.08. The quantitative estimate of drug-likeness (QED) is 0.780. The van der Waals surface area contributed by atoms with Crippen molar-refractivity contribution in [3.8, 4) is 0 Å². The summed E-state index contributed by atoms with van der Waals surface area (Å²) in [5, 5.41) is 6.27. The van der Waals surface area contributed by atoms with E-state index < -0.39 is 0 Å². The number of piperidine rings is 1. The Bertz CT molecular complexity index is 207. The van der Waals surface area contributed by atoms with Gasteiger partial charge in [-0.05, 0) is 32.5 Å². The summed E-state index contributed by atoms with van der Waals surface area (Å²) in [5.74, 6) is 0.173. The molecule has 1 amide bonds. The number of halogens is 2. The van der Waals surface area contributed by atoms with Crippen LogP contribution >= 0.6 is 24.8 Å². The van der Waals surface area contributed by atoms with Gasteiger partial charge < -0.3 is 15.5 Å². The number of nitrogens with zero attached hydrogens (tertiary/aromatic N) is 1. The van der Waals surface area contributed by atoms with Crippen LogP contribution in [0.4, 0.5) is 0 Å². The minimum absolute atomic E-state index is 0. The molecular weight excluding hydrogens is 273 g/mol. The smallest absolute Gasteiger partial charge is 0.237 e. The first-order chi connectivity index (χ1) is 7.77. The highest BCUT2D eigenvalue weighted by Crippen LogP contribution is 2.06. The number of rotatable bonds is 6. The van der Waals surface area contributed by atoms with Gasteiger partial charge in [0.2, 0.25) is 5.91 Å². The highest BCUT2D eigenvalue weighted by Gasteiger charge is 2.19. The van der Waals surface area contributed by atoms with Crippen LogP contribution in [0, 0.1) is 0 Å². The van der Waals surface area contributed by atoms with Crippen LogP contribution in [0.25, 0.3) is 0 Å². The molecule has 0 saturated carbocycles. The predicted molar refractivity (Wildman–Crippen MR) is 80.9 cm³/mol.